The number of carbonyl (C=O) groups is 2. The molecule has 0 spiro atoms. The number of hydrogen-bond acceptors (Lipinski definition) is 5. The summed E-state index contributed by atoms with van der Waals surface area (Å²) in [6.07, 6.45) is 2.23. The minimum absolute atomic E-state index is 0.258. The second-order valence-electron chi connectivity index (χ2n) is 6.20. The zero-order valence-corrected chi connectivity index (χ0v) is 17.1. The SMILES string of the molecule is COCCCNC(=O)c1cc(C(=O)c2c(-c3ccc(Br)cc3)noc2C)c[nH]1. The number of aromatic nitrogens is 2. The molecule has 7 nitrogen and oxygen atoms in total. The van der Waals surface area contributed by atoms with E-state index in [-0.39, 0.29) is 11.7 Å². The van der Waals surface area contributed by atoms with Crippen LogP contribution in [0.25, 0.3) is 11.3 Å². The Balaban J connectivity index is 1.80. The minimum atomic E-state index is -0.273. The molecule has 0 aliphatic heterocycles. The number of rotatable bonds is 8. The molecule has 0 aliphatic carbocycles. The number of H-pyrrole nitrogens is 1. The van der Waals surface area contributed by atoms with E-state index in [4.69, 9.17) is 9.26 Å². The number of ether oxygens (including phenoxy) is 1. The van der Waals surface area contributed by atoms with Gasteiger partial charge in [0.1, 0.15) is 17.1 Å². The number of nitrogens with one attached hydrogen (secondary N) is 2. The number of methoxy groups -OCH3 is 1. The number of nitrogens with zero attached hydrogens (tertiary/aromatic N) is 1. The first-order valence-corrected chi connectivity index (χ1v) is 9.53. The van der Waals surface area contributed by atoms with Gasteiger partial charge >= 0.3 is 0 Å². The second kappa shape index (κ2) is 8.99. The van der Waals surface area contributed by atoms with Crippen molar-refractivity contribution in [2.24, 2.45) is 0 Å². The van der Waals surface area contributed by atoms with Crippen molar-refractivity contribution in [1.82, 2.24) is 15.5 Å². The van der Waals surface area contributed by atoms with Crippen LogP contribution in [-0.4, -0.2) is 42.1 Å². The standard InChI is InChI=1S/C20H20BrN3O4/c1-12-17(18(24-28-12)13-4-6-15(21)7-5-13)19(25)14-10-16(23-11-14)20(26)22-8-3-9-27-2/h4-7,10-11,23H,3,8-9H2,1-2H3,(H,22,26). The van der Waals surface area contributed by atoms with Gasteiger partial charge in [-0.15, -0.1) is 0 Å². The molecule has 1 amide bonds. The fraction of sp³-hybridized carbons (Fsp3) is 0.250. The average Bonchev–Trinajstić information content (AvgIpc) is 3.32. The average molecular weight is 446 g/mol. The summed E-state index contributed by atoms with van der Waals surface area (Å²) >= 11 is 3.39. The van der Waals surface area contributed by atoms with Gasteiger partial charge in [0.15, 0.2) is 5.78 Å². The minimum Gasteiger partial charge on any atom is -0.385 e. The van der Waals surface area contributed by atoms with E-state index in [9.17, 15) is 9.59 Å². The number of hydrogen-bond donors (Lipinski definition) is 2. The third-order valence-corrected chi connectivity index (χ3v) is 4.74. The van der Waals surface area contributed by atoms with Crippen LogP contribution in [0.4, 0.5) is 0 Å². The summed E-state index contributed by atoms with van der Waals surface area (Å²) in [4.78, 5) is 28.1. The monoisotopic (exact) mass is 445 g/mol. The highest BCUT2D eigenvalue weighted by Crippen LogP contribution is 2.28. The number of aromatic amines is 1. The van der Waals surface area contributed by atoms with Crippen molar-refractivity contribution in [2.45, 2.75) is 13.3 Å². The molecule has 0 atom stereocenters. The van der Waals surface area contributed by atoms with Gasteiger partial charge in [-0.1, -0.05) is 33.2 Å². The number of ketones is 1. The zero-order chi connectivity index (χ0) is 20.1. The van der Waals surface area contributed by atoms with Crippen molar-refractivity contribution in [3.8, 4) is 11.3 Å². The number of benzene rings is 1. The largest absolute Gasteiger partial charge is 0.385 e. The van der Waals surface area contributed by atoms with Crippen molar-refractivity contribution in [2.75, 3.05) is 20.3 Å². The second-order valence-corrected chi connectivity index (χ2v) is 7.12. The Morgan fingerprint density at radius 3 is 2.75 bits per heavy atom. The van der Waals surface area contributed by atoms with Crippen LogP contribution in [0.5, 0.6) is 0 Å². The van der Waals surface area contributed by atoms with E-state index in [2.05, 4.69) is 31.4 Å². The molecule has 0 bridgehead atoms. The zero-order valence-electron chi connectivity index (χ0n) is 15.5. The fourth-order valence-corrected chi connectivity index (χ4v) is 3.02. The third-order valence-electron chi connectivity index (χ3n) is 4.21. The molecular formula is C20H20BrN3O4. The summed E-state index contributed by atoms with van der Waals surface area (Å²) in [6, 6.07) is 8.99. The molecule has 2 heterocycles. The molecule has 0 radical (unpaired) electrons. The van der Waals surface area contributed by atoms with Gasteiger partial charge in [-0.25, -0.2) is 0 Å². The highest BCUT2D eigenvalue weighted by molar-refractivity contribution is 9.10. The third kappa shape index (κ3) is 4.40. The normalized spacial score (nSPS) is 10.8. The molecule has 28 heavy (non-hydrogen) atoms. The van der Waals surface area contributed by atoms with Crippen LogP contribution in [0.3, 0.4) is 0 Å². The van der Waals surface area contributed by atoms with E-state index in [1.165, 1.54) is 12.3 Å². The Morgan fingerprint density at radius 1 is 1.29 bits per heavy atom. The number of halogens is 1. The van der Waals surface area contributed by atoms with Crippen LogP contribution in [-0.2, 0) is 4.74 Å². The molecule has 0 saturated carbocycles. The molecule has 3 aromatic rings. The van der Waals surface area contributed by atoms with Crippen LogP contribution in [0.2, 0.25) is 0 Å². The van der Waals surface area contributed by atoms with Crippen LogP contribution in [0.1, 0.15) is 38.6 Å². The maximum absolute atomic E-state index is 13.0. The molecule has 1 aromatic carbocycles. The molecule has 0 aliphatic rings. The summed E-state index contributed by atoms with van der Waals surface area (Å²) < 4.78 is 11.1. The predicted octanol–water partition coefficient (Wildman–Crippen LogP) is 3.74. The van der Waals surface area contributed by atoms with Crippen molar-refractivity contribution in [3.05, 3.63) is 63.6 Å². The van der Waals surface area contributed by atoms with Gasteiger partial charge in [0.25, 0.3) is 5.91 Å². The smallest absolute Gasteiger partial charge is 0.267 e. The summed E-state index contributed by atoms with van der Waals surface area (Å²) in [7, 11) is 1.61. The Kier molecular flexibility index (Phi) is 6.43. The van der Waals surface area contributed by atoms with Crippen molar-refractivity contribution in [3.63, 3.8) is 0 Å². The van der Waals surface area contributed by atoms with E-state index < -0.39 is 0 Å². The van der Waals surface area contributed by atoms with Crippen molar-refractivity contribution >= 4 is 27.6 Å². The van der Waals surface area contributed by atoms with E-state index in [1.807, 2.05) is 24.3 Å². The van der Waals surface area contributed by atoms with E-state index in [0.29, 0.717) is 47.8 Å². The number of aryl methyl sites for hydroxylation is 1. The lowest BCUT2D eigenvalue weighted by molar-refractivity contribution is 0.0944. The van der Waals surface area contributed by atoms with Crippen molar-refractivity contribution in [1.29, 1.82) is 0 Å². The Morgan fingerprint density at radius 2 is 2.04 bits per heavy atom. The molecule has 146 valence electrons. The highest BCUT2D eigenvalue weighted by Gasteiger charge is 2.24. The number of amides is 1. The van der Waals surface area contributed by atoms with E-state index in [1.54, 1.807) is 14.0 Å². The molecule has 2 aromatic heterocycles. The highest BCUT2D eigenvalue weighted by atomic mass is 79.9. The quantitative estimate of drug-likeness (QED) is 0.406. The molecule has 0 unspecified atom stereocenters. The lowest BCUT2D eigenvalue weighted by Gasteiger charge is -2.03. The summed E-state index contributed by atoms with van der Waals surface area (Å²) in [5, 5.41) is 6.83. The maximum atomic E-state index is 13.0. The lowest BCUT2D eigenvalue weighted by atomic mass is 9.99. The molecule has 0 saturated heterocycles. The van der Waals surface area contributed by atoms with Crippen LogP contribution < -0.4 is 5.32 Å². The lowest BCUT2D eigenvalue weighted by Crippen LogP contribution is -2.25. The van der Waals surface area contributed by atoms with E-state index in [0.717, 1.165) is 10.0 Å². The Hall–Kier alpha value is -2.71. The van der Waals surface area contributed by atoms with Gasteiger partial charge in [0.05, 0.1) is 5.56 Å². The Labute approximate surface area is 170 Å². The fourth-order valence-electron chi connectivity index (χ4n) is 2.76. The van der Waals surface area contributed by atoms with Gasteiger partial charge in [0.2, 0.25) is 0 Å². The van der Waals surface area contributed by atoms with Crippen LogP contribution in [0, 0.1) is 6.92 Å². The van der Waals surface area contributed by atoms with Gasteiger partial charge in [0, 0.05) is 42.1 Å². The predicted molar refractivity (Wildman–Crippen MR) is 107 cm³/mol. The first-order chi connectivity index (χ1) is 13.5. The van der Waals surface area contributed by atoms with Gasteiger partial charge in [-0.2, -0.15) is 0 Å². The van der Waals surface area contributed by atoms with Crippen LogP contribution >= 0.6 is 15.9 Å². The van der Waals surface area contributed by atoms with E-state index >= 15 is 0 Å². The molecule has 2 N–H and O–H groups in total. The number of carbonyl (C=O) groups excluding carboxylic acids is 2. The van der Waals surface area contributed by atoms with Crippen LogP contribution in [0.15, 0.2) is 45.5 Å². The summed E-state index contributed by atoms with van der Waals surface area (Å²) in [6.45, 7) is 2.76. The first-order valence-electron chi connectivity index (χ1n) is 8.73. The van der Waals surface area contributed by atoms with Crippen molar-refractivity contribution < 1.29 is 18.8 Å². The van der Waals surface area contributed by atoms with Gasteiger partial charge in [-0.3, -0.25) is 9.59 Å². The molecular weight excluding hydrogens is 426 g/mol. The molecule has 3 rings (SSSR count). The summed E-state index contributed by atoms with van der Waals surface area (Å²) in [5.41, 5.74) is 2.32. The first kappa shape index (κ1) is 20.0. The van der Waals surface area contributed by atoms with Gasteiger partial charge in [-0.05, 0) is 31.5 Å². The Bertz CT molecular complexity index is 976. The van der Waals surface area contributed by atoms with Gasteiger partial charge < -0.3 is 19.6 Å². The molecule has 0 fully saturated rings. The molecule has 8 heteroatoms. The maximum Gasteiger partial charge on any atom is 0.267 e. The summed E-state index contributed by atoms with van der Waals surface area (Å²) in [5.74, 6) is -0.105. The topological polar surface area (TPSA) is 97.2 Å².